The van der Waals surface area contributed by atoms with Crippen LogP contribution in [-0.2, 0) is 22.6 Å². The molecule has 0 aliphatic heterocycles. The van der Waals surface area contributed by atoms with Gasteiger partial charge in [-0.3, -0.25) is 9.59 Å². The summed E-state index contributed by atoms with van der Waals surface area (Å²) in [6, 6.07) is 13.9. The van der Waals surface area contributed by atoms with Crippen LogP contribution >= 0.6 is 0 Å². The van der Waals surface area contributed by atoms with E-state index in [2.05, 4.69) is 50.4 Å². The quantitative estimate of drug-likeness (QED) is 0.437. The molecule has 1 atom stereocenters. The van der Waals surface area contributed by atoms with Crippen LogP contribution in [0.25, 0.3) is 0 Å². The Balaban J connectivity index is 2.14. The summed E-state index contributed by atoms with van der Waals surface area (Å²) in [4.78, 5) is 27.8. The fourth-order valence-electron chi connectivity index (χ4n) is 3.68. The van der Waals surface area contributed by atoms with Gasteiger partial charge in [-0.1, -0.05) is 70.5 Å². The molecule has 174 valence electrons. The number of amides is 2. The van der Waals surface area contributed by atoms with Gasteiger partial charge in [0, 0.05) is 19.5 Å². The molecular formula is C27H37FN2O2. The molecule has 0 saturated heterocycles. The first kappa shape index (κ1) is 25.6. The van der Waals surface area contributed by atoms with Crippen LogP contribution in [0.1, 0.15) is 76.0 Å². The molecule has 0 radical (unpaired) electrons. The molecule has 2 aromatic rings. The second-order valence-electron chi connectivity index (χ2n) is 8.61. The molecule has 1 N–H and O–H groups in total. The first-order chi connectivity index (χ1) is 15.3. The first-order valence-corrected chi connectivity index (χ1v) is 11.8. The molecule has 0 fully saturated rings. The fraction of sp³-hybridized carbons (Fsp3) is 0.481. The summed E-state index contributed by atoms with van der Waals surface area (Å²) in [5, 5.41) is 2.96. The van der Waals surface area contributed by atoms with Crippen LogP contribution in [0.2, 0.25) is 0 Å². The number of carbonyl (C=O) groups excluding carboxylic acids is 2. The molecule has 2 aromatic carbocycles. The van der Waals surface area contributed by atoms with Crippen LogP contribution in [0.4, 0.5) is 4.39 Å². The zero-order chi connectivity index (χ0) is 23.5. The number of nitrogens with zero attached hydrogens (tertiary/aromatic N) is 1. The van der Waals surface area contributed by atoms with Gasteiger partial charge in [-0.05, 0) is 54.0 Å². The van der Waals surface area contributed by atoms with E-state index in [0.29, 0.717) is 31.7 Å². The van der Waals surface area contributed by atoms with Gasteiger partial charge in [-0.25, -0.2) is 4.39 Å². The zero-order valence-electron chi connectivity index (χ0n) is 19.9. The molecule has 32 heavy (non-hydrogen) atoms. The third kappa shape index (κ3) is 7.77. The molecule has 5 heteroatoms. The van der Waals surface area contributed by atoms with Gasteiger partial charge >= 0.3 is 0 Å². The van der Waals surface area contributed by atoms with Crippen LogP contribution in [-0.4, -0.2) is 29.3 Å². The molecule has 2 rings (SSSR count). The van der Waals surface area contributed by atoms with E-state index in [0.717, 1.165) is 24.0 Å². The normalized spacial score (nSPS) is 11.9. The van der Waals surface area contributed by atoms with Crippen molar-refractivity contribution in [3.05, 3.63) is 71.0 Å². The molecule has 0 bridgehead atoms. The third-order valence-electron chi connectivity index (χ3n) is 5.76. The van der Waals surface area contributed by atoms with E-state index in [1.54, 1.807) is 17.0 Å². The Morgan fingerprint density at radius 3 is 2.16 bits per heavy atom. The van der Waals surface area contributed by atoms with Gasteiger partial charge < -0.3 is 10.2 Å². The minimum Gasteiger partial charge on any atom is -0.354 e. The second kappa shape index (κ2) is 13.0. The van der Waals surface area contributed by atoms with E-state index in [4.69, 9.17) is 0 Å². The summed E-state index contributed by atoms with van der Waals surface area (Å²) >= 11 is 0. The Hall–Kier alpha value is -2.69. The first-order valence-electron chi connectivity index (χ1n) is 11.8. The zero-order valence-corrected chi connectivity index (χ0v) is 19.9. The number of halogens is 1. The van der Waals surface area contributed by atoms with Gasteiger partial charge in [0.25, 0.3) is 0 Å². The molecule has 2 amide bonds. The Morgan fingerprint density at radius 2 is 1.59 bits per heavy atom. The molecule has 0 spiro atoms. The van der Waals surface area contributed by atoms with E-state index < -0.39 is 6.04 Å². The fourth-order valence-corrected chi connectivity index (χ4v) is 3.68. The highest BCUT2D eigenvalue weighted by Gasteiger charge is 2.28. The van der Waals surface area contributed by atoms with Crippen molar-refractivity contribution >= 4 is 11.8 Å². The maximum absolute atomic E-state index is 13.4. The van der Waals surface area contributed by atoms with Gasteiger partial charge in [-0.15, -0.1) is 0 Å². The highest BCUT2D eigenvalue weighted by atomic mass is 19.1. The molecule has 0 saturated carbocycles. The van der Waals surface area contributed by atoms with Crippen LogP contribution in [0, 0.1) is 5.82 Å². The predicted octanol–water partition coefficient (Wildman–Crippen LogP) is 5.61. The van der Waals surface area contributed by atoms with Gasteiger partial charge in [-0.2, -0.15) is 0 Å². The number of hydrogen-bond donors (Lipinski definition) is 1. The number of aryl methyl sites for hydroxylation is 1. The van der Waals surface area contributed by atoms with E-state index in [9.17, 15) is 14.0 Å². The van der Waals surface area contributed by atoms with Crippen molar-refractivity contribution < 1.29 is 14.0 Å². The van der Waals surface area contributed by atoms with Crippen molar-refractivity contribution in [3.8, 4) is 0 Å². The van der Waals surface area contributed by atoms with Gasteiger partial charge in [0.1, 0.15) is 11.9 Å². The molecule has 0 aromatic heterocycles. The number of unbranched alkanes of at least 4 members (excludes halogenated alkanes) is 1. The topological polar surface area (TPSA) is 49.4 Å². The summed E-state index contributed by atoms with van der Waals surface area (Å²) in [7, 11) is 0. The molecule has 4 nitrogen and oxygen atoms in total. The van der Waals surface area contributed by atoms with E-state index in [-0.39, 0.29) is 24.2 Å². The van der Waals surface area contributed by atoms with Crippen molar-refractivity contribution in [2.75, 3.05) is 6.54 Å². The van der Waals surface area contributed by atoms with Crippen LogP contribution in [0.5, 0.6) is 0 Å². The van der Waals surface area contributed by atoms with Gasteiger partial charge in [0.05, 0.1) is 0 Å². The maximum atomic E-state index is 13.4. The van der Waals surface area contributed by atoms with E-state index >= 15 is 0 Å². The average molecular weight is 441 g/mol. The van der Waals surface area contributed by atoms with Crippen LogP contribution < -0.4 is 5.32 Å². The molecule has 0 aliphatic rings. The number of hydrogen-bond acceptors (Lipinski definition) is 2. The minimum absolute atomic E-state index is 0.0697. The van der Waals surface area contributed by atoms with Gasteiger partial charge in [0.2, 0.25) is 11.8 Å². The monoisotopic (exact) mass is 440 g/mol. The number of nitrogens with one attached hydrogen (secondary N) is 1. The summed E-state index contributed by atoms with van der Waals surface area (Å²) in [6.07, 6.45) is 3.35. The lowest BCUT2D eigenvalue weighted by Gasteiger charge is -2.31. The van der Waals surface area contributed by atoms with Crippen molar-refractivity contribution in [2.45, 2.75) is 78.3 Å². The minimum atomic E-state index is -0.548. The molecule has 0 aliphatic carbocycles. The standard InChI is InChI=1S/C27H37FN2O2/c1-5-7-18-29-27(32)25(6-2)30(19-22-10-15-24(28)16-11-22)26(31)17-12-21-8-13-23(14-9-21)20(3)4/h8-11,13-16,20,25H,5-7,12,17-19H2,1-4H3,(H,29,32)/t25-/m1/s1. The van der Waals surface area contributed by atoms with E-state index in [1.165, 1.54) is 17.7 Å². The number of rotatable bonds is 12. The SMILES string of the molecule is CCCCNC(=O)[C@@H](CC)N(Cc1ccc(F)cc1)C(=O)CCc1ccc(C(C)C)cc1. The molecular weight excluding hydrogens is 403 g/mol. The largest absolute Gasteiger partial charge is 0.354 e. The number of benzene rings is 2. The van der Waals surface area contributed by atoms with Crippen molar-refractivity contribution in [1.29, 1.82) is 0 Å². The summed E-state index contributed by atoms with van der Waals surface area (Å²) < 4.78 is 13.4. The highest BCUT2D eigenvalue weighted by molar-refractivity contribution is 5.87. The smallest absolute Gasteiger partial charge is 0.242 e. The van der Waals surface area contributed by atoms with Crippen LogP contribution in [0.15, 0.2) is 48.5 Å². The van der Waals surface area contributed by atoms with Crippen molar-refractivity contribution in [1.82, 2.24) is 10.2 Å². The lowest BCUT2D eigenvalue weighted by atomic mass is 10.00. The second-order valence-corrected chi connectivity index (χ2v) is 8.61. The Labute approximate surface area is 192 Å². The predicted molar refractivity (Wildman–Crippen MR) is 128 cm³/mol. The van der Waals surface area contributed by atoms with Crippen LogP contribution in [0.3, 0.4) is 0 Å². The average Bonchev–Trinajstić information content (AvgIpc) is 2.79. The Kier molecular flexibility index (Phi) is 10.4. The Morgan fingerprint density at radius 1 is 0.969 bits per heavy atom. The van der Waals surface area contributed by atoms with Crippen molar-refractivity contribution in [3.63, 3.8) is 0 Å². The van der Waals surface area contributed by atoms with Gasteiger partial charge in [0.15, 0.2) is 0 Å². The maximum Gasteiger partial charge on any atom is 0.242 e. The van der Waals surface area contributed by atoms with Crippen molar-refractivity contribution in [2.24, 2.45) is 0 Å². The number of carbonyl (C=O) groups is 2. The summed E-state index contributed by atoms with van der Waals surface area (Å²) in [5.41, 5.74) is 3.18. The highest BCUT2D eigenvalue weighted by Crippen LogP contribution is 2.18. The van der Waals surface area contributed by atoms with E-state index in [1.807, 2.05) is 6.92 Å². The lowest BCUT2D eigenvalue weighted by molar-refractivity contribution is -0.141. The summed E-state index contributed by atoms with van der Waals surface area (Å²) in [5.74, 6) is -0.0494. The Bertz CT molecular complexity index is 847. The molecule has 0 heterocycles. The third-order valence-corrected chi connectivity index (χ3v) is 5.76. The lowest BCUT2D eigenvalue weighted by Crippen LogP contribution is -2.49. The molecule has 0 unspecified atom stereocenters. The summed E-state index contributed by atoms with van der Waals surface area (Å²) in [6.45, 7) is 9.18.